The molecule has 0 atom stereocenters. The van der Waals surface area contributed by atoms with E-state index in [1.807, 2.05) is 42.5 Å². The fourth-order valence-electron chi connectivity index (χ4n) is 4.53. The Labute approximate surface area is 200 Å². The van der Waals surface area contributed by atoms with Gasteiger partial charge in [0.25, 0.3) is 11.9 Å². The van der Waals surface area contributed by atoms with Crippen molar-refractivity contribution < 1.29 is 9.21 Å². The highest BCUT2D eigenvalue weighted by molar-refractivity contribution is 6.30. The first-order valence-corrected chi connectivity index (χ1v) is 12.2. The Kier molecular flexibility index (Phi) is 7.89. The van der Waals surface area contributed by atoms with Crippen molar-refractivity contribution in [2.45, 2.75) is 51.1 Å². The van der Waals surface area contributed by atoms with Gasteiger partial charge in [0.15, 0.2) is 5.58 Å². The maximum Gasteiger partial charge on any atom is 0.295 e. The van der Waals surface area contributed by atoms with Gasteiger partial charge in [-0.3, -0.25) is 4.79 Å². The summed E-state index contributed by atoms with van der Waals surface area (Å²) in [5.74, 6) is 0.0963. The van der Waals surface area contributed by atoms with Crippen LogP contribution in [0.1, 0.15) is 54.4 Å². The van der Waals surface area contributed by atoms with Crippen molar-refractivity contribution in [2.24, 2.45) is 0 Å². The van der Waals surface area contributed by atoms with E-state index in [1.165, 1.54) is 19.3 Å². The van der Waals surface area contributed by atoms with Crippen molar-refractivity contribution in [2.75, 3.05) is 32.5 Å². The molecular weight excluding hydrogens is 436 g/mol. The van der Waals surface area contributed by atoms with E-state index in [-0.39, 0.29) is 5.91 Å². The van der Waals surface area contributed by atoms with Gasteiger partial charge >= 0.3 is 0 Å². The smallest absolute Gasteiger partial charge is 0.295 e. The van der Waals surface area contributed by atoms with Crippen LogP contribution in [0.5, 0.6) is 0 Å². The molecule has 0 radical (unpaired) electrons. The summed E-state index contributed by atoms with van der Waals surface area (Å²) in [5, 5.41) is 3.90. The molecule has 6 nitrogen and oxygen atoms in total. The number of hydrogen-bond acceptors (Lipinski definition) is 5. The van der Waals surface area contributed by atoms with Crippen molar-refractivity contribution in [3.63, 3.8) is 0 Å². The Balaban J connectivity index is 1.48. The molecule has 1 amide bonds. The third-order valence-corrected chi connectivity index (χ3v) is 6.48. The van der Waals surface area contributed by atoms with Crippen LogP contribution in [0.25, 0.3) is 11.1 Å². The molecule has 0 bridgehead atoms. The molecule has 3 aromatic rings. The predicted octanol–water partition coefficient (Wildman–Crippen LogP) is 5.82. The number of hydrogen-bond donors (Lipinski definition) is 1. The van der Waals surface area contributed by atoms with E-state index >= 15 is 0 Å². The predicted molar refractivity (Wildman–Crippen MR) is 134 cm³/mol. The molecule has 1 heterocycles. The Morgan fingerprint density at radius 2 is 1.94 bits per heavy atom. The lowest BCUT2D eigenvalue weighted by atomic mass is 9.93. The summed E-state index contributed by atoms with van der Waals surface area (Å²) < 4.78 is 5.84. The van der Waals surface area contributed by atoms with Crippen LogP contribution >= 0.6 is 11.6 Å². The van der Waals surface area contributed by atoms with Gasteiger partial charge in [0.1, 0.15) is 5.52 Å². The van der Waals surface area contributed by atoms with Gasteiger partial charge in [-0.05, 0) is 75.8 Å². The number of benzene rings is 2. The zero-order valence-electron chi connectivity index (χ0n) is 19.5. The van der Waals surface area contributed by atoms with Gasteiger partial charge < -0.3 is 19.5 Å². The van der Waals surface area contributed by atoms with Crippen LogP contribution in [0.2, 0.25) is 5.02 Å². The number of carbonyl (C=O) groups is 1. The normalized spacial score (nSPS) is 14.7. The number of aromatic nitrogens is 1. The number of carbonyl (C=O) groups excluding carboxylic acids is 1. The van der Waals surface area contributed by atoms with Crippen LogP contribution in [-0.2, 0) is 6.54 Å². The maximum atomic E-state index is 13.5. The van der Waals surface area contributed by atoms with Gasteiger partial charge in [-0.25, -0.2) is 0 Å². The first-order valence-electron chi connectivity index (χ1n) is 11.8. The number of anilines is 1. The first-order chi connectivity index (χ1) is 16.0. The Morgan fingerprint density at radius 3 is 2.70 bits per heavy atom. The highest BCUT2D eigenvalue weighted by atomic mass is 35.5. The highest BCUT2D eigenvalue weighted by Crippen LogP contribution is 2.26. The number of rotatable bonds is 9. The Hall–Kier alpha value is -2.57. The van der Waals surface area contributed by atoms with Crippen LogP contribution in [0.3, 0.4) is 0 Å². The van der Waals surface area contributed by atoms with Crippen molar-refractivity contribution >= 4 is 34.6 Å². The molecule has 1 aliphatic carbocycles. The van der Waals surface area contributed by atoms with Crippen LogP contribution in [0, 0.1) is 0 Å². The number of nitrogens with one attached hydrogen (secondary N) is 1. The number of halogens is 1. The molecule has 176 valence electrons. The summed E-state index contributed by atoms with van der Waals surface area (Å²) in [6.45, 7) is 2.31. The molecule has 1 saturated carbocycles. The SMILES string of the molecule is CN(C)CCCN(C(=O)c1ccc2oc(NCc3cccc(Cl)c3)nc2c1)C1CCCCC1. The molecular formula is C26H33ClN4O2. The van der Waals surface area contributed by atoms with Crippen molar-refractivity contribution in [3.8, 4) is 0 Å². The van der Waals surface area contributed by atoms with Gasteiger partial charge in [-0.15, -0.1) is 0 Å². The molecule has 0 saturated heterocycles. The molecule has 1 aliphatic rings. The van der Waals surface area contributed by atoms with Gasteiger partial charge in [-0.1, -0.05) is 43.0 Å². The third-order valence-electron chi connectivity index (χ3n) is 6.25. The van der Waals surface area contributed by atoms with Crippen LogP contribution < -0.4 is 5.32 Å². The molecule has 0 aliphatic heterocycles. The average Bonchev–Trinajstić information content (AvgIpc) is 3.23. The minimum atomic E-state index is 0.0963. The lowest BCUT2D eigenvalue weighted by molar-refractivity contribution is 0.0626. The molecule has 1 N–H and O–H groups in total. The van der Waals surface area contributed by atoms with Crippen molar-refractivity contribution in [3.05, 3.63) is 58.6 Å². The molecule has 0 spiro atoms. The summed E-state index contributed by atoms with van der Waals surface area (Å²) in [4.78, 5) is 22.4. The fourth-order valence-corrected chi connectivity index (χ4v) is 4.74. The lowest BCUT2D eigenvalue weighted by Crippen LogP contribution is -2.42. The molecule has 33 heavy (non-hydrogen) atoms. The zero-order valence-corrected chi connectivity index (χ0v) is 20.3. The summed E-state index contributed by atoms with van der Waals surface area (Å²) in [6, 6.07) is 14.0. The molecule has 7 heteroatoms. The first kappa shape index (κ1) is 23.6. The molecule has 1 fully saturated rings. The van der Waals surface area contributed by atoms with E-state index in [9.17, 15) is 4.79 Å². The Bertz CT molecular complexity index is 1080. The van der Waals surface area contributed by atoms with Gasteiger partial charge in [0.2, 0.25) is 0 Å². The largest absolute Gasteiger partial charge is 0.424 e. The summed E-state index contributed by atoms with van der Waals surface area (Å²) >= 11 is 6.06. The van der Waals surface area contributed by atoms with Crippen LogP contribution in [0.4, 0.5) is 6.01 Å². The highest BCUT2D eigenvalue weighted by Gasteiger charge is 2.26. The third kappa shape index (κ3) is 6.27. The summed E-state index contributed by atoms with van der Waals surface area (Å²) in [7, 11) is 4.15. The monoisotopic (exact) mass is 468 g/mol. The molecule has 1 aromatic heterocycles. The van der Waals surface area contributed by atoms with E-state index in [2.05, 4.69) is 34.2 Å². The lowest BCUT2D eigenvalue weighted by Gasteiger charge is -2.35. The standard InChI is InChI=1S/C26H33ClN4O2/c1-30(2)14-7-15-31(22-10-4-3-5-11-22)25(32)20-12-13-24-23(17-20)29-26(33-24)28-18-19-8-6-9-21(27)16-19/h6,8-9,12-13,16-17,22H,3-5,7,10-11,14-15,18H2,1-2H3,(H,28,29). The average molecular weight is 469 g/mol. The van der Waals surface area contributed by atoms with Crippen LogP contribution in [0.15, 0.2) is 46.9 Å². The van der Waals surface area contributed by atoms with E-state index < -0.39 is 0 Å². The van der Waals surface area contributed by atoms with Crippen LogP contribution in [-0.4, -0.2) is 53.9 Å². The van der Waals surface area contributed by atoms with E-state index in [4.69, 9.17) is 16.0 Å². The Morgan fingerprint density at radius 1 is 1.12 bits per heavy atom. The van der Waals surface area contributed by atoms with E-state index in [1.54, 1.807) is 0 Å². The zero-order chi connectivity index (χ0) is 23.2. The number of nitrogens with zero attached hydrogens (tertiary/aromatic N) is 3. The topological polar surface area (TPSA) is 61.6 Å². The van der Waals surface area contributed by atoms with Gasteiger partial charge in [-0.2, -0.15) is 4.98 Å². The van der Waals surface area contributed by atoms with Gasteiger partial charge in [0, 0.05) is 29.7 Å². The number of fused-ring (bicyclic) bond motifs is 1. The van der Waals surface area contributed by atoms with Crippen molar-refractivity contribution in [1.29, 1.82) is 0 Å². The fraction of sp³-hybridized carbons (Fsp3) is 0.462. The summed E-state index contributed by atoms with van der Waals surface area (Å²) in [6.07, 6.45) is 6.83. The van der Waals surface area contributed by atoms with E-state index in [0.717, 1.165) is 37.9 Å². The second-order valence-corrected chi connectivity index (χ2v) is 9.57. The quantitative estimate of drug-likeness (QED) is 0.428. The minimum Gasteiger partial charge on any atom is -0.424 e. The maximum absolute atomic E-state index is 13.5. The number of oxazole rings is 1. The molecule has 0 unspecified atom stereocenters. The second-order valence-electron chi connectivity index (χ2n) is 9.13. The van der Waals surface area contributed by atoms with E-state index in [0.29, 0.717) is 40.3 Å². The number of amides is 1. The second kappa shape index (κ2) is 11.0. The minimum absolute atomic E-state index is 0.0963. The molecule has 2 aromatic carbocycles. The van der Waals surface area contributed by atoms with Gasteiger partial charge in [0.05, 0.1) is 0 Å². The van der Waals surface area contributed by atoms with Crippen molar-refractivity contribution in [1.82, 2.24) is 14.8 Å². The summed E-state index contributed by atoms with van der Waals surface area (Å²) in [5.41, 5.74) is 3.07. The molecule has 4 rings (SSSR count).